The molecule has 3 aliphatic rings. The Hall–Kier alpha value is -1.49. The van der Waals surface area contributed by atoms with E-state index in [4.69, 9.17) is 9.97 Å². The molecule has 1 aliphatic carbocycles. The molecule has 1 saturated carbocycles. The number of Topliss-reactive ketones (excluding diaryl/α,β-unsaturated/α-hetero) is 1. The quantitative estimate of drug-likeness (QED) is 0.766. The van der Waals surface area contributed by atoms with Gasteiger partial charge in [0.25, 0.3) is 0 Å². The van der Waals surface area contributed by atoms with Crippen LogP contribution < -0.4 is 4.90 Å². The van der Waals surface area contributed by atoms with Crippen LogP contribution >= 0.6 is 0 Å². The van der Waals surface area contributed by atoms with E-state index in [1.807, 2.05) is 13.8 Å². The normalized spacial score (nSPS) is 25.5. The molecular weight excluding hydrogens is 348 g/mol. The summed E-state index contributed by atoms with van der Waals surface area (Å²) >= 11 is 0. The van der Waals surface area contributed by atoms with E-state index in [0.29, 0.717) is 18.0 Å². The number of aromatic nitrogens is 2. The Morgan fingerprint density at radius 2 is 1.57 bits per heavy atom. The molecule has 1 aromatic rings. The first-order chi connectivity index (χ1) is 13.5. The maximum Gasteiger partial charge on any atom is 0.225 e. The first kappa shape index (κ1) is 21.2. The highest BCUT2D eigenvalue weighted by molar-refractivity contribution is 5.77. The molecule has 0 radical (unpaired) electrons. The number of ketones is 1. The zero-order valence-corrected chi connectivity index (χ0v) is 18.2. The van der Waals surface area contributed by atoms with Crippen LogP contribution in [0.25, 0.3) is 0 Å². The van der Waals surface area contributed by atoms with E-state index in [1.54, 1.807) is 6.92 Å². The predicted octanol–water partition coefficient (Wildman–Crippen LogP) is 4.43. The van der Waals surface area contributed by atoms with Crippen molar-refractivity contribution in [2.45, 2.75) is 90.6 Å². The first-order valence-electron chi connectivity index (χ1n) is 11.3. The number of carbonyl (C=O) groups is 1. The highest BCUT2D eigenvalue weighted by atomic mass is 16.1. The minimum absolute atomic E-state index is 0.213. The number of rotatable bonds is 4. The van der Waals surface area contributed by atoms with Crippen LogP contribution in [0.4, 0.5) is 5.95 Å². The summed E-state index contributed by atoms with van der Waals surface area (Å²) in [6, 6.07) is 1.25. The Bertz CT molecular complexity index is 610. The van der Waals surface area contributed by atoms with E-state index in [2.05, 4.69) is 29.1 Å². The average molecular weight is 387 g/mol. The highest BCUT2D eigenvalue weighted by Crippen LogP contribution is 2.35. The van der Waals surface area contributed by atoms with Gasteiger partial charge in [-0.2, -0.15) is 0 Å². The molecule has 5 nitrogen and oxygen atoms in total. The maximum atomic E-state index is 10.1. The maximum absolute atomic E-state index is 10.1. The molecular formula is C23H38N4O. The molecule has 28 heavy (non-hydrogen) atoms. The van der Waals surface area contributed by atoms with Gasteiger partial charge in [0.1, 0.15) is 5.78 Å². The molecule has 4 rings (SSSR count). The van der Waals surface area contributed by atoms with Crippen molar-refractivity contribution in [2.24, 2.45) is 5.92 Å². The van der Waals surface area contributed by atoms with Crippen molar-refractivity contribution >= 4 is 11.7 Å². The van der Waals surface area contributed by atoms with E-state index < -0.39 is 0 Å². The van der Waals surface area contributed by atoms with Crippen molar-refractivity contribution in [1.82, 2.24) is 14.9 Å². The average Bonchev–Trinajstić information content (AvgIpc) is 2.98. The van der Waals surface area contributed by atoms with Crippen molar-refractivity contribution in [1.29, 1.82) is 0 Å². The van der Waals surface area contributed by atoms with E-state index in [-0.39, 0.29) is 11.7 Å². The second kappa shape index (κ2) is 9.82. The summed E-state index contributed by atoms with van der Waals surface area (Å²) in [4.78, 5) is 24.8. The monoisotopic (exact) mass is 386 g/mol. The number of likely N-dealkylation sites (tertiary alicyclic amines) is 1. The van der Waals surface area contributed by atoms with Crippen LogP contribution in [-0.2, 0) is 4.79 Å². The van der Waals surface area contributed by atoms with Gasteiger partial charge in [-0.15, -0.1) is 0 Å². The van der Waals surface area contributed by atoms with E-state index in [0.717, 1.165) is 5.95 Å². The molecule has 3 heterocycles. The number of anilines is 1. The molecule has 0 aromatic carbocycles. The number of hydrogen-bond donors (Lipinski definition) is 0. The smallest absolute Gasteiger partial charge is 0.225 e. The van der Waals surface area contributed by atoms with Gasteiger partial charge < -0.3 is 4.90 Å². The third-order valence-electron chi connectivity index (χ3n) is 6.78. The largest absolute Gasteiger partial charge is 0.332 e. The van der Waals surface area contributed by atoms with Gasteiger partial charge in [0.2, 0.25) is 5.95 Å². The summed E-state index contributed by atoms with van der Waals surface area (Å²) in [5.74, 6) is 2.15. The topological polar surface area (TPSA) is 49.3 Å². The zero-order valence-electron chi connectivity index (χ0n) is 18.2. The van der Waals surface area contributed by atoms with Gasteiger partial charge in [-0.1, -0.05) is 40.0 Å². The number of carbonyl (C=O) groups excluding carboxylic acids is 1. The van der Waals surface area contributed by atoms with Crippen molar-refractivity contribution in [3.05, 3.63) is 18.0 Å². The summed E-state index contributed by atoms with van der Waals surface area (Å²) in [6.07, 6.45) is 13.6. The molecule has 0 amide bonds. The lowest BCUT2D eigenvalue weighted by molar-refractivity contribution is -0.119. The number of nitrogens with zero attached hydrogens (tertiary/aromatic N) is 4. The van der Waals surface area contributed by atoms with E-state index in [1.165, 1.54) is 70.1 Å². The Labute approximate surface area is 170 Å². The number of hydrogen-bond acceptors (Lipinski definition) is 5. The predicted molar refractivity (Wildman–Crippen MR) is 115 cm³/mol. The fraction of sp³-hybridized carbons (Fsp3) is 0.783. The second-order valence-electron chi connectivity index (χ2n) is 9.06. The van der Waals surface area contributed by atoms with Crippen LogP contribution in [0.1, 0.15) is 84.1 Å². The van der Waals surface area contributed by atoms with Crippen LogP contribution in [0.15, 0.2) is 12.4 Å². The molecule has 1 aromatic heterocycles. The minimum Gasteiger partial charge on any atom is -0.332 e. The van der Waals surface area contributed by atoms with Gasteiger partial charge in [-0.25, -0.2) is 9.97 Å². The summed E-state index contributed by atoms with van der Waals surface area (Å²) < 4.78 is 0. The van der Waals surface area contributed by atoms with Crippen molar-refractivity contribution in [3.8, 4) is 0 Å². The highest BCUT2D eigenvalue weighted by Gasteiger charge is 2.40. The molecule has 3 fully saturated rings. The molecule has 2 aliphatic heterocycles. The molecule has 0 spiro atoms. The number of piperazine rings is 1. The lowest BCUT2D eigenvalue weighted by Crippen LogP contribution is -2.54. The van der Waals surface area contributed by atoms with E-state index >= 15 is 0 Å². The lowest BCUT2D eigenvalue weighted by Gasteiger charge is -2.40. The van der Waals surface area contributed by atoms with Crippen molar-refractivity contribution in [3.63, 3.8) is 0 Å². The van der Waals surface area contributed by atoms with Gasteiger partial charge >= 0.3 is 0 Å². The fourth-order valence-electron chi connectivity index (χ4n) is 4.69. The van der Waals surface area contributed by atoms with Gasteiger partial charge in [0.05, 0.1) is 0 Å². The molecule has 5 heteroatoms. The minimum atomic E-state index is 0.213. The summed E-state index contributed by atoms with van der Waals surface area (Å²) in [7, 11) is 0. The fourth-order valence-corrected chi connectivity index (χ4v) is 4.69. The summed E-state index contributed by atoms with van der Waals surface area (Å²) in [5, 5.41) is 0. The van der Waals surface area contributed by atoms with Gasteiger partial charge in [0.15, 0.2) is 0 Å². The molecule has 156 valence electrons. The third-order valence-corrected chi connectivity index (χ3v) is 6.78. The summed E-state index contributed by atoms with van der Waals surface area (Å²) in [6.45, 7) is 11.2. The van der Waals surface area contributed by atoms with Gasteiger partial charge in [0, 0.05) is 43.5 Å². The molecule has 2 atom stereocenters. The van der Waals surface area contributed by atoms with Gasteiger partial charge in [-0.05, 0) is 50.6 Å². The van der Waals surface area contributed by atoms with Crippen LogP contribution in [0.5, 0.6) is 0 Å². The first-order valence-corrected chi connectivity index (χ1v) is 11.3. The number of fused-ring (bicyclic) bond motifs is 2. The van der Waals surface area contributed by atoms with Crippen LogP contribution in [0, 0.1) is 5.92 Å². The Morgan fingerprint density at radius 3 is 2.04 bits per heavy atom. The Kier molecular flexibility index (Phi) is 7.44. The standard InChI is InChI=1S/C18H28N4.C5H10O/c1-2-21-12-16-8-9-17(13-21)22(16)18-19-10-15(11-20-18)14-6-4-3-5-7-14;1-4(2)5(3)6/h10-11,14,16-17H,2-9,12-13H2,1H3;4H,1-3H3. The second-order valence-corrected chi connectivity index (χ2v) is 9.06. The lowest BCUT2D eigenvalue weighted by atomic mass is 9.85. The number of likely N-dealkylation sites (N-methyl/N-ethyl adjacent to an activating group) is 1. The van der Waals surface area contributed by atoms with Crippen LogP contribution in [0.2, 0.25) is 0 Å². The molecule has 0 N–H and O–H groups in total. The third kappa shape index (κ3) is 5.11. The molecule has 2 bridgehead atoms. The molecule has 2 saturated heterocycles. The van der Waals surface area contributed by atoms with Crippen LogP contribution in [0.3, 0.4) is 0 Å². The summed E-state index contributed by atoms with van der Waals surface area (Å²) in [5.41, 5.74) is 1.36. The molecule has 2 unspecified atom stereocenters. The SMILES string of the molecule is CC(=O)C(C)C.CCN1CC2CCC(C1)N2c1ncc(C2CCCCC2)cn1. The Morgan fingerprint density at radius 1 is 1.04 bits per heavy atom. The van der Waals surface area contributed by atoms with Gasteiger partial charge in [-0.3, -0.25) is 9.69 Å². The Balaban J connectivity index is 0.000000330. The van der Waals surface area contributed by atoms with Crippen LogP contribution in [-0.4, -0.2) is 52.4 Å². The van der Waals surface area contributed by atoms with Crippen molar-refractivity contribution < 1.29 is 4.79 Å². The van der Waals surface area contributed by atoms with E-state index in [9.17, 15) is 4.79 Å². The van der Waals surface area contributed by atoms with Crippen molar-refractivity contribution in [2.75, 3.05) is 24.5 Å². The zero-order chi connectivity index (χ0) is 20.1.